The summed E-state index contributed by atoms with van der Waals surface area (Å²) in [5, 5.41) is 6.02. The van der Waals surface area contributed by atoms with Crippen LogP contribution in [0, 0.1) is 13.8 Å². The summed E-state index contributed by atoms with van der Waals surface area (Å²) in [7, 11) is 0. The number of fused-ring (bicyclic) bond motifs is 1. The van der Waals surface area contributed by atoms with Gasteiger partial charge in [-0.05, 0) is 79.0 Å². The number of oxazole rings is 1. The molecule has 168 valence electrons. The quantitative estimate of drug-likeness (QED) is 0.342. The van der Waals surface area contributed by atoms with Gasteiger partial charge in [-0.15, -0.1) is 0 Å². The fraction of sp³-hybridized carbons (Fsp3) is 0.222. The molecule has 4 rings (SSSR count). The Kier molecular flexibility index (Phi) is 6.04. The summed E-state index contributed by atoms with van der Waals surface area (Å²) < 4.78 is 5.94. The van der Waals surface area contributed by atoms with Crippen LogP contribution < -0.4 is 10.6 Å². The van der Waals surface area contributed by atoms with E-state index >= 15 is 0 Å². The zero-order valence-corrected chi connectivity index (χ0v) is 20.3. The third-order valence-electron chi connectivity index (χ3n) is 5.50. The number of anilines is 1. The molecule has 1 aromatic heterocycles. The molecular formula is C27H27N3O2S. The van der Waals surface area contributed by atoms with E-state index < -0.39 is 0 Å². The highest BCUT2D eigenvalue weighted by molar-refractivity contribution is 7.80. The lowest BCUT2D eigenvalue weighted by atomic mass is 9.87. The number of amides is 1. The molecule has 0 saturated carbocycles. The molecule has 0 aliphatic carbocycles. The number of aryl methyl sites for hydroxylation is 2. The normalized spacial score (nSPS) is 11.4. The molecule has 0 atom stereocenters. The minimum Gasteiger partial charge on any atom is -0.436 e. The first-order valence-electron chi connectivity index (χ1n) is 10.8. The van der Waals surface area contributed by atoms with E-state index in [2.05, 4.69) is 48.5 Å². The summed E-state index contributed by atoms with van der Waals surface area (Å²) in [5.41, 5.74) is 6.98. The Morgan fingerprint density at radius 2 is 1.70 bits per heavy atom. The van der Waals surface area contributed by atoms with Crippen LogP contribution in [0.1, 0.15) is 47.8 Å². The molecule has 0 fully saturated rings. The predicted molar refractivity (Wildman–Crippen MR) is 138 cm³/mol. The van der Waals surface area contributed by atoms with Gasteiger partial charge in [0.15, 0.2) is 10.7 Å². The van der Waals surface area contributed by atoms with E-state index in [1.54, 1.807) is 6.07 Å². The van der Waals surface area contributed by atoms with Crippen molar-refractivity contribution < 1.29 is 9.21 Å². The van der Waals surface area contributed by atoms with Crippen molar-refractivity contribution in [3.8, 4) is 11.5 Å². The van der Waals surface area contributed by atoms with Crippen LogP contribution in [0.3, 0.4) is 0 Å². The van der Waals surface area contributed by atoms with Crippen molar-refractivity contribution in [3.05, 3.63) is 82.9 Å². The molecule has 33 heavy (non-hydrogen) atoms. The van der Waals surface area contributed by atoms with Gasteiger partial charge in [0.1, 0.15) is 5.52 Å². The highest BCUT2D eigenvalue weighted by Crippen LogP contribution is 2.29. The highest BCUT2D eigenvalue weighted by atomic mass is 32.1. The van der Waals surface area contributed by atoms with Crippen molar-refractivity contribution in [3.63, 3.8) is 0 Å². The van der Waals surface area contributed by atoms with Crippen LogP contribution in [-0.4, -0.2) is 16.0 Å². The van der Waals surface area contributed by atoms with Crippen molar-refractivity contribution in [2.75, 3.05) is 5.32 Å². The van der Waals surface area contributed by atoms with Crippen molar-refractivity contribution in [1.29, 1.82) is 0 Å². The Hall–Kier alpha value is -3.51. The maximum atomic E-state index is 12.6. The molecular weight excluding hydrogens is 430 g/mol. The average molecular weight is 458 g/mol. The van der Waals surface area contributed by atoms with Gasteiger partial charge in [0.25, 0.3) is 5.91 Å². The van der Waals surface area contributed by atoms with Gasteiger partial charge in [-0.25, -0.2) is 4.98 Å². The van der Waals surface area contributed by atoms with Gasteiger partial charge < -0.3 is 9.73 Å². The summed E-state index contributed by atoms with van der Waals surface area (Å²) >= 11 is 5.34. The Morgan fingerprint density at radius 3 is 2.36 bits per heavy atom. The van der Waals surface area contributed by atoms with E-state index in [1.807, 2.05) is 56.3 Å². The number of rotatable bonds is 3. The summed E-state index contributed by atoms with van der Waals surface area (Å²) in [4.78, 5) is 17.2. The van der Waals surface area contributed by atoms with Gasteiger partial charge in [0.2, 0.25) is 5.89 Å². The number of hydrogen-bond donors (Lipinski definition) is 2. The molecule has 0 radical (unpaired) electrons. The number of nitrogens with zero attached hydrogens (tertiary/aromatic N) is 1. The van der Waals surface area contributed by atoms with E-state index in [-0.39, 0.29) is 16.4 Å². The number of carbonyl (C=O) groups is 1. The fourth-order valence-electron chi connectivity index (χ4n) is 3.64. The van der Waals surface area contributed by atoms with E-state index in [9.17, 15) is 4.79 Å². The molecule has 5 nitrogen and oxygen atoms in total. The number of carbonyl (C=O) groups excluding carboxylic acids is 1. The smallest absolute Gasteiger partial charge is 0.257 e. The second-order valence-corrected chi connectivity index (χ2v) is 9.66. The molecule has 1 heterocycles. The van der Waals surface area contributed by atoms with Crippen molar-refractivity contribution in [2.45, 2.75) is 40.0 Å². The number of aromatic nitrogens is 1. The van der Waals surface area contributed by atoms with E-state index in [1.165, 1.54) is 5.56 Å². The molecule has 0 saturated heterocycles. The number of benzene rings is 3. The van der Waals surface area contributed by atoms with Gasteiger partial charge in [-0.1, -0.05) is 50.6 Å². The monoisotopic (exact) mass is 457 g/mol. The molecule has 0 aliphatic rings. The first-order valence-corrected chi connectivity index (χ1v) is 11.2. The summed E-state index contributed by atoms with van der Waals surface area (Å²) in [5.74, 6) is 0.321. The lowest BCUT2D eigenvalue weighted by Gasteiger charge is -2.18. The lowest BCUT2D eigenvalue weighted by molar-refractivity contribution is 0.0977. The third-order valence-corrected chi connectivity index (χ3v) is 5.70. The van der Waals surface area contributed by atoms with Gasteiger partial charge in [-0.2, -0.15) is 0 Å². The van der Waals surface area contributed by atoms with Crippen LogP contribution in [0.15, 0.2) is 65.1 Å². The maximum absolute atomic E-state index is 12.6. The number of nitrogens with one attached hydrogen (secondary N) is 2. The number of thiocarbonyl (C=S) groups is 1. The second kappa shape index (κ2) is 8.79. The molecule has 0 bridgehead atoms. The minimum absolute atomic E-state index is 0.0897. The van der Waals surface area contributed by atoms with Crippen molar-refractivity contribution in [2.24, 2.45) is 0 Å². The Labute approximate surface area is 199 Å². The van der Waals surface area contributed by atoms with Crippen molar-refractivity contribution in [1.82, 2.24) is 10.3 Å². The molecule has 0 spiro atoms. The summed E-state index contributed by atoms with van der Waals surface area (Å²) in [6.07, 6.45) is 0. The van der Waals surface area contributed by atoms with Gasteiger partial charge >= 0.3 is 0 Å². The van der Waals surface area contributed by atoms with Gasteiger partial charge in [-0.3, -0.25) is 10.1 Å². The minimum atomic E-state index is -0.242. The Bertz CT molecular complexity index is 1350. The zero-order chi connectivity index (χ0) is 23.8. The van der Waals surface area contributed by atoms with Crippen LogP contribution >= 0.6 is 12.2 Å². The van der Waals surface area contributed by atoms with Crippen LogP contribution in [0.4, 0.5) is 5.69 Å². The van der Waals surface area contributed by atoms with Crippen LogP contribution in [-0.2, 0) is 5.41 Å². The van der Waals surface area contributed by atoms with Crippen LogP contribution in [0.2, 0.25) is 0 Å². The third kappa shape index (κ3) is 5.12. The van der Waals surface area contributed by atoms with Gasteiger partial charge in [0.05, 0.1) is 0 Å². The Morgan fingerprint density at radius 1 is 0.970 bits per heavy atom. The second-order valence-electron chi connectivity index (χ2n) is 9.26. The topological polar surface area (TPSA) is 67.2 Å². The molecule has 1 amide bonds. The number of hydrogen-bond acceptors (Lipinski definition) is 4. The summed E-state index contributed by atoms with van der Waals surface area (Å²) in [6, 6.07) is 19.5. The van der Waals surface area contributed by atoms with Crippen molar-refractivity contribution >= 4 is 40.0 Å². The fourth-order valence-corrected chi connectivity index (χ4v) is 3.85. The Balaban J connectivity index is 1.48. The van der Waals surface area contributed by atoms with E-state index in [0.29, 0.717) is 22.6 Å². The summed E-state index contributed by atoms with van der Waals surface area (Å²) in [6.45, 7) is 10.5. The maximum Gasteiger partial charge on any atom is 0.257 e. The van der Waals surface area contributed by atoms with Crippen LogP contribution in [0.25, 0.3) is 22.6 Å². The highest BCUT2D eigenvalue weighted by Gasteiger charge is 2.15. The molecule has 0 unspecified atom stereocenters. The first-order chi connectivity index (χ1) is 15.6. The van der Waals surface area contributed by atoms with E-state index in [4.69, 9.17) is 16.6 Å². The average Bonchev–Trinajstić information content (AvgIpc) is 3.16. The van der Waals surface area contributed by atoms with E-state index in [0.717, 1.165) is 22.4 Å². The van der Waals surface area contributed by atoms with Crippen LogP contribution in [0.5, 0.6) is 0 Å². The first kappa shape index (κ1) is 22.7. The molecule has 3 aromatic carbocycles. The molecule has 2 N–H and O–H groups in total. The standard InChI is InChI=1S/C27H27N3O2S/c1-16-6-12-21(17(2)14-16)24(31)30-26(33)28-20-11-13-23-22(15-20)29-25(32-23)18-7-9-19(10-8-18)27(3,4)5/h6-15H,1-5H3,(H2,28,30,31,33). The molecule has 6 heteroatoms. The molecule has 4 aromatic rings. The SMILES string of the molecule is Cc1ccc(C(=O)NC(=S)Nc2ccc3oc(-c4ccc(C(C)(C)C)cc4)nc3c2)c(C)c1. The van der Waals surface area contributed by atoms with Gasteiger partial charge in [0, 0.05) is 16.8 Å². The molecule has 0 aliphatic heterocycles. The zero-order valence-electron chi connectivity index (χ0n) is 19.4. The lowest BCUT2D eigenvalue weighted by Crippen LogP contribution is -2.34. The predicted octanol–water partition coefficient (Wildman–Crippen LogP) is 6.54. The largest absolute Gasteiger partial charge is 0.436 e.